The summed E-state index contributed by atoms with van der Waals surface area (Å²) >= 11 is 0. The SMILES string of the molecule is CNC1=C(C(NC)N([O-])Cc2ccc(N3CC=NCC3)cc2NC2CCOCC2)CC(C)(Cc2cc(F)cc(F)c2)C=C1. The van der Waals surface area contributed by atoms with Crippen molar-refractivity contribution in [2.45, 2.75) is 51.4 Å². The van der Waals surface area contributed by atoms with Gasteiger partial charge in [0, 0.05) is 68.7 Å². The second-order valence-corrected chi connectivity index (χ2v) is 12.0. The van der Waals surface area contributed by atoms with Gasteiger partial charge in [-0.3, -0.25) is 4.99 Å². The zero-order valence-corrected chi connectivity index (χ0v) is 25.3. The highest BCUT2D eigenvalue weighted by atomic mass is 19.1. The van der Waals surface area contributed by atoms with E-state index in [0.29, 0.717) is 18.4 Å². The number of ether oxygens (including phenoxy) is 1. The fraction of sp³-hybridized carbons (Fsp3) is 0.485. The molecule has 2 atom stereocenters. The standard InChI is InChI=1S/C33H43F2N6O2/c1-33(20-23-16-25(34)18-26(35)17-23)9-6-30(36-2)29(21-33)32(37-3)41(42)22-24-4-5-28(40-12-10-38-11-13-40)19-31(24)39-27-7-14-43-15-8-27/h4-6,9-10,16-19,27,32,36-37,39H,7-8,11-15,20-22H2,1-3H3/q-1. The summed E-state index contributed by atoms with van der Waals surface area (Å²) in [6.07, 6.45) is 8.20. The number of nitrogens with zero attached hydrogens (tertiary/aromatic N) is 3. The predicted octanol–water partition coefficient (Wildman–Crippen LogP) is 4.97. The Morgan fingerprint density at radius 1 is 1.14 bits per heavy atom. The molecule has 0 spiro atoms. The fourth-order valence-electron chi connectivity index (χ4n) is 6.37. The van der Waals surface area contributed by atoms with Crippen LogP contribution in [-0.4, -0.2) is 70.4 Å². The van der Waals surface area contributed by atoms with Crippen molar-refractivity contribution < 1.29 is 13.5 Å². The Morgan fingerprint density at radius 2 is 1.91 bits per heavy atom. The fourth-order valence-corrected chi connectivity index (χ4v) is 6.37. The lowest BCUT2D eigenvalue weighted by molar-refractivity contribution is 0.0904. The zero-order chi connectivity index (χ0) is 30.4. The summed E-state index contributed by atoms with van der Waals surface area (Å²) in [6.45, 7) is 6.07. The van der Waals surface area contributed by atoms with Crippen molar-refractivity contribution in [2.24, 2.45) is 10.4 Å². The van der Waals surface area contributed by atoms with E-state index in [2.05, 4.69) is 57.0 Å². The van der Waals surface area contributed by atoms with Crippen LogP contribution < -0.4 is 20.9 Å². The number of aliphatic imine (C=N–C) groups is 1. The van der Waals surface area contributed by atoms with Crippen molar-refractivity contribution in [3.05, 3.63) is 87.8 Å². The number of likely N-dealkylation sites (N-methyl/N-ethyl adjacent to an activating group) is 2. The first-order valence-electron chi connectivity index (χ1n) is 15.1. The van der Waals surface area contributed by atoms with E-state index in [9.17, 15) is 14.0 Å². The number of benzene rings is 2. The molecule has 43 heavy (non-hydrogen) atoms. The summed E-state index contributed by atoms with van der Waals surface area (Å²) in [5.74, 6) is -1.18. The molecule has 0 aromatic heterocycles. The molecule has 2 aromatic rings. The van der Waals surface area contributed by atoms with Gasteiger partial charge in [0.05, 0.1) is 19.3 Å². The lowest BCUT2D eigenvalue weighted by Gasteiger charge is -2.43. The Bertz CT molecular complexity index is 1340. The van der Waals surface area contributed by atoms with Crippen molar-refractivity contribution in [3.8, 4) is 0 Å². The van der Waals surface area contributed by atoms with Gasteiger partial charge in [0.1, 0.15) is 11.6 Å². The number of rotatable bonds is 11. The van der Waals surface area contributed by atoms with Crippen molar-refractivity contribution >= 4 is 17.6 Å². The van der Waals surface area contributed by atoms with Gasteiger partial charge >= 0.3 is 0 Å². The minimum Gasteiger partial charge on any atom is -0.784 e. The summed E-state index contributed by atoms with van der Waals surface area (Å²) in [5, 5.41) is 25.3. The van der Waals surface area contributed by atoms with Crippen LogP contribution in [0.15, 0.2) is 64.8 Å². The molecule has 2 aliphatic heterocycles. The lowest BCUT2D eigenvalue weighted by atomic mass is 9.74. The van der Waals surface area contributed by atoms with Crippen LogP contribution in [0.5, 0.6) is 0 Å². The number of anilines is 2. The number of hydrogen-bond donors (Lipinski definition) is 3. The van der Waals surface area contributed by atoms with E-state index >= 15 is 0 Å². The van der Waals surface area contributed by atoms with Crippen LogP contribution in [0.4, 0.5) is 20.2 Å². The maximum absolute atomic E-state index is 14.0. The Balaban J connectivity index is 1.38. The number of halogens is 2. The summed E-state index contributed by atoms with van der Waals surface area (Å²) in [6, 6.07) is 10.2. The van der Waals surface area contributed by atoms with Gasteiger partial charge in [-0.2, -0.15) is 0 Å². The normalized spacial score (nSPS) is 21.9. The second-order valence-electron chi connectivity index (χ2n) is 12.0. The Labute approximate surface area is 253 Å². The van der Waals surface area contributed by atoms with Gasteiger partial charge < -0.3 is 35.9 Å². The predicted molar refractivity (Wildman–Crippen MR) is 169 cm³/mol. The van der Waals surface area contributed by atoms with Gasteiger partial charge in [0.2, 0.25) is 0 Å². The Hall–Kier alpha value is -3.31. The zero-order valence-electron chi connectivity index (χ0n) is 25.3. The van der Waals surface area contributed by atoms with Gasteiger partial charge in [-0.1, -0.05) is 19.1 Å². The van der Waals surface area contributed by atoms with Crippen LogP contribution in [0, 0.1) is 22.3 Å². The molecule has 0 bridgehead atoms. The molecule has 0 radical (unpaired) electrons. The van der Waals surface area contributed by atoms with Crippen molar-refractivity contribution in [1.82, 2.24) is 15.7 Å². The van der Waals surface area contributed by atoms with E-state index in [1.807, 2.05) is 19.3 Å². The van der Waals surface area contributed by atoms with Crippen molar-refractivity contribution in [2.75, 3.05) is 57.2 Å². The molecule has 1 saturated heterocycles. The molecular formula is C33H43F2N6O2-. The highest BCUT2D eigenvalue weighted by Gasteiger charge is 2.32. The first-order chi connectivity index (χ1) is 20.8. The molecule has 232 valence electrons. The van der Waals surface area contributed by atoms with E-state index < -0.39 is 23.2 Å². The minimum absolute atomic E-state index is 0.175. The summed E-state index contributed by atoms with van der Waals surface area (Å²) in [7, 11) is 3.63. The maximum atomic E-state index is 14.0. The summed E-state index contributed by atoms with van der Waals surface area (Å²) < 4.78 is 33.5. The highest BCUT2D eigenvalue weighted by Crippen LogP contribution is 2.39. The molecule has 0 saturated carbocycles. The first kappa shape index (κ1) is 31.1. The number of nitrogens with one attached hydrogen (secondary N) is 3. The van der Waals surface area contributed by atoms with Gasteiger partial charge in [-0.05, 0) is 85.2 Å². The molecular weight excluding hydrogens is 550 g/mol. The minimum atomic E-state index is -0.607. The molecule has 1 aliphatic carbocycles. The number of allylic oxidation sites excluding steroid dienone is 2. The van der Waals surface area contributed by atoms with Gasteiger partial charge in [-0.15, -0.1) is 0 Å². The van der Waals surface area contributed by atoms with Gasteiger partial charge in [0.25, 0.3) is 0 Å². The van der Waals surface area contributed by atoms with E-state index in [1.165, 1.54) is 12.1 Å². The van der Waals surface area contributed by atoms with Gasteiger partial charge in [-0.25, -0.2) is 8.78 Å². The molecule has 5 rings (SSSR count). The largest absolute Gasteiger partial charge is 0.784 e. The second kappa shape index (κ2) is 14.0. The molecule has 2 unspecified atom stereocenters. The lowest BCUT2D eigenvalue weighted by Crippen LogP contribution is -2.45. The quantitative estimate of drug-likeness (QED) is 0.250. The molecule has 2 heterocycles. The van der Waals surface area contributed by atoms with Crippen LogP contribution in [0.3, 0.4) is 0 Å². The average Bonchev–Trinajstić information content (AvgIpc) is 2.99. The molecule has 3 aliphatic rings. The third kappa shape index (κ3) is 7.80. The summed E-state index contributed by atoms with van der Waals surface area (Å²) in [5.41, 5.74) is 4.92. The third-order valence-electron chi connectivity index (χ3n) is 8.58. The maximum Gasteiger partial charge on any atom is 0.126 e. The van der Waals surface area contributed by atoms with Gasteiger partial charge in [0.15, 0.2) is 0 Å². The van der Waals surface area contributed by atoms with E-state index in [-0.39, 0.29) is 12.6 Å². The topological polar surface area (TPSA) is 87.2 Å². The smallest absolute Gasteiger partial charge is 0.126 e. The average molecular weight is 594 g/mol. The third-order valence-corrected chi connectivity index (χ3v) is 8.58. The molecule has 0 amide bonds. The van der Waals surface area contributed by atoms with E-state index in [0.717, 1.165) is 85.0 Å². The van der Waals surface area contributed by atoms with Crippen molar-refractivity contribution in [3.63, 3.8) is 0 Å². The van der Waals surface area contributed by atoms with Crippen molar-refractivity contribution in [1.29, 1.82) is 0 Å². The van der Waals surface area contributed by atoms with Crippen LogP contribution in [0.1, 0.15) is 37.3 Å². The molecule has 10 heteroatoms. The van der Waals surface area contributed by atoms with Crippen LogP contribution >= 0.6 is 0 Å². The Morgan fingerprint density at radius 3 is 2.58 bits per heavy atom. The van der Waals surface area contributed by atoms with E-state index in [4.69, 9.17) is 4.74 Å². The Kier molecular flexibility index (Phi) is 10.1. The molecule has 1 fully saturated rings. The van der Waals surface area contributed by atoms with E-state index in [1.54, 1.807) is 7.05 Å². The van der Waals surface area contributed by atoms with Crippen LogP contribution in [0.25, 0.3) is 0 Å². The summed E-state index contributed by atoms with van der Waals surface area (Å²) in [4.78, 5) is 6.65. The number of hydroxylamine groups is 2. The molecule has 3 N–H and O–H groups in total. The highest BCUT2D eigenvalue weighted by molar-refractivity contribution is 5.70. The first-order valence-corrected chi connectivity index (χ1v) is 15.1. The van der Waals surface area contributed by atoms with Crippen LogP contribution in [-0.2, 0) is 17.7 Å². The molecule has 8 nitrogen and oxygen atoms in total. The monoisotopic (exact) mass is 593 g/mol. The molecule has 2 aromatic carbocycles. The van der Waals surface area contributed by atoms with Crippen LogP contribution in [0.2, 0.25) is 0 Å². The number of hydrogen-bond acceptors (Lipinski definition) is 8.